The number of aliphatic hydroxyl groups is 1. The number of aryl methyl sites for hydroxylation is 1. The molecular formula is C16H18N2O4S. The highest BCUT2D eigenvalue weighted by molar-refractivity contribution is 7.92. The number of nitrogens with one attached hydrogen (secondary N) is 2. The fourth-order valence-electron chi connectivity index (χ4n) is 1.95. The smallest absolute Gasteiger partial charge is 0.261 e. The third kappa shape index (κ3) is 4.30. The standard InChI is InChI=1S/C16H18N2O4S/c1-12-4-2-3-5-15(12)18-23(21,22)14-8-6-13(7-9-14)16(20)17-10-11-19/h2-9,18-19H,10-11H2,1H3,(H,17,20). The van der Waals surface area contributed by atoms with Gasteiger partial charge >= 0.3 is 0 Å². The van der Waals surface area contributed by atoms with Crippen LogP contribution in [-0.4, -0.2) is 32.6 Å². The van der Waals surface area contributed by atoms with Crippen molar-refractivity contribution >= 4 is 21.6 Å². The zero-order valence-corrected chi connectivity index (χ0v) is 13.4. The van der Waals surface area contributed by atoms with Gasteiger partial charge < -0.3 is 10.4 Å². The van der Waals surface area contributed by atoms with E-state index in [1.54, 1.807) is 12.1 Å². The Balaban J connectivity index is 2.18. The average Bonchev–Trinajstić information content (AvgIpc) is 2.55. The molecule has 0 aliphatic carbocycles. The van der Waals surface area contributed by atoms with Crippen LogP contribution in [0.3, 0.4) is 0 Å². The molecule has 7 heteroatoms. The summed E-state index contributed by atoms with van der Waals surface area (Å²) in [4.78, 5) is 11.8. The number of rotatable bonds is 6. The number of benzene rings is 2. The predicted molar refractivity (Wildman–Crippen MR) is 87.8 cm³/mol. The first-order valence-electron chi connectivity index (χ1n) is 7.01. The van der Waals surface area contributed by atoms with Crippen molar-refractivity contribution in [2.75, 3.05) is 17.9 Å². The molecule has 122 valence electrons. The Labute approximate surface area is 135 Å². The summed E-state index contributed by atoms with van der Waals surface area (Å²) in [5.74, 6) is -0.366. The molecule has 0 saturated carbocycles. The van der Waals surface area contributed by atoms with Crippen LogP contribution in [0, 0.1) is 6.92 Å². The molecule has 2 aromatic rings. The van der Waals surface area contributed by atoms with Crippen LogP contribution in [0.5, 0.6) is 0 Å². The second kappa shape index (κ2) is 7.26. The molecule has 0 aliphatic heterocycles. The molecular weight excluding hydrogens is 316 g/mol. The number of sulfonamides is 1. The van der Waals surface area contributed by atoms with E-state index in [1.165, 1.54) is 24.3 Å². The number of para-hydroxylation sites is 1. The van der Waals surface area contributed by atoms with Gasteiger partial charge in [-0.05, 0) is 42.8 Å². The van der Waals surface area contributed by atoms with E-state index in [1.807, 2.05) is 19.1 Å². The molecule has 0 heterocycles. The second-order valence-corrected chi connectivity index (χ2v) is 6.61. The van der Waals surface area contributed by atoms with Gasteiger partial charge in [0.2, 0.25) is 0 Å². The number of hydrogen-bond donors (Lipinski definition) is 3. The lowest BCUT2D eigenvalue weighted by atomic mass is 10.2. The van der Waals surface area contributed by atoms with E-state index in [9.17, 15) is 13.2 Å². The Bertz CT molecular complexity index is 786. The average molecular weight is 334 g/mol. The minimum absolute atomic E-state index is 0.0689. The number of carbonyl (C=O) groups is 1. The Kier molecular flexibility index (Phi) is 5.36. The molecule has 2 aromatic carbocycles. The maximum atomic E-state index is 12.4. The zero-order chi connectivity index (χ0) is 16.9. The van der Waals surface area contributed by atoms with E-state index in [2.05, 4.69) is 10.0 Å². The summed E-state index contributed by atoms with van der Waals surface area (Å²) in [5.41, 5.74) is 1.65. The minimum Gasteiger partial charge on any atom is -0.395 e. The van der Waals surface area contributed by atoms with Gasteiger partial charge in [0.25, 0.3) is 15.9 Å². The van der Waals surface area contributed by atoms with Crippen molar-refractivity contribution < 1.29 is 18.3 Å². The van der Waals surface area contributed by atoms with Gasteiger partial charge in [0.15, 0.2) is 0 Å². The van der Waals surface area contributed by atoms with Crippen LogP contribution in [0.4, 0.5) is 5.69 Å². The van der Waals surface area contributed by atoms with Crippen LogP contribution >= 0.6 is 0 Å². The van der Waals surface area contributed by atoms with Crippen LogP contribution in [-0.2, 0) is 10.0 Å². The molecule has 0 saturated heterocycles. The third-order valence-electron chi connectivity index (χ3n) is 3.21. The topological polar surface area (TPSA) is 95.5 Å². The Morgan fingerprint density at radius 1 is 1.09 bits per heavy atom. The summed E-state index contributed by atoms with van der Waals surface area (Å²) in [5, 5.41) is 11.2. The molecule has 0 unspecified atom stereocenters. The van der Waals surface area contributed by atoms with Crippen LogP contribution in [0.2, 0.25) is 0 Å². The molecule has 2 rings (SSSR count). The molecule has 6 nitrogen and oxygen atoms in total. The van der Waals surface area contributed by atoms with Crippen LogP contribution in [0.1, 0.15) is 15.9 Å². The van der Waals surface area contributed by atoms with Crippen LogP contribution in [0.15, 0.2) is 53.4 Å². The summed E-state index contributed by atoms with van der Waals surface area (Å²) >= 11 is 0. The number of anilines is 1. The highest BCUT2D eigenvalue weighted by Crippen LogP contribution is 2.19. The van der Waals surface area contributed by atoms with Crippen molar-refractivity contribution in [3.8, 4) is 0 Å². The highest BCUT2D eigenvalue weighted by Gasteiger charge is 2.16. The Morgan fingerprint density at radius 2 is 1.74 bits per heavy atom. The molecule has 0 aliphatic rings. The second-order valence-electron chi connectivity index (χ2n) is 4.92. The molecule has 23 heavy (non-hydrogen) atoms. The fourth-order valence-corrected chi connectivity index (χ4v) is 3.08. The molecule has 3 N–H and O–H groups in total. The van der Waals surface area contributed by atoms with Crippen molar-refractivity contribution in [2.24, 2.45) is 0 Å². The molecule has 0 bridgehead atoms. The summed E-state index contributed by atoms with van der Waals surface area (Å²) in [6.45, 7) is 1.80. The number of amides is 1. The molecule has 1 amide bonds. The SMILES string of the molecule is Cc1ccccc1NS(=O)(=O)c1ccc(C(=O)NCCO)cc1. The summed E-state index contributed by atoms with van der Waals surface area (Å²) in [6.07, 6.45) is 0. The lowest BCUT2D eigenvalue weighted by Gasteiger charge is -2.11. The lowest BCUT2D eigenvalue weighted by Crippen LogP contribution is -2.26. The molecule has 0 aromatic heterocycles. The molecule has 0 fully saturated rings. The third-order valence-corrected chi connectivity index (χ3v) is 4.59. The summed E-state index contributed by atoms with van der Waals surface area (Å²) in [7, 11) is -3.72. The van der Waals surface area contributed by atoms with Crippen LogP contribution in [0.25, 0.3) is 0 Å². The number of aliphatic hydroxyl groups excluding tert-OH is 1. The molecule has 0 spiro atoms. The van der Waals surface area contributed by atoms with E-state index < -0.39 is 10.0 Å². The molecule has 0 radical (unpaired) electrons. The van der Waals surface area contributed by atoms with Gasteiger partial charge in [-0.25, -0.2) is 8.42 Å². The van der Waals surface area contributed by atoms with E-state index in [0.717, 1.165) is 5.56 Å². The van der Waals surface area contributed by atoms with E-state index in [0.29, 0.717) is 11.3 Å². The normalized spacial score (nSPS) is 11.0. The first-order chi connectivity index (χ1) is 10.9. The first kappa shape index (κ1) is 17.0. The monoisotopic (exact) mass is 334 g/mol. The fraction of sp³-hybridized carbons (Fsp3) is 0.188. The van der Waals surface area contributed by atoms with Crippen LogP contribution < -0.4 is 10.0 Å². The maximum absolute atomic E-state index is 12.4. The van der Waals surface area contributed by atoms with Crippen molar-refractivity contribution in [3.63, 3.8) is 0 Å². The van der Waals surface area contributed by atoms with Crippen molar-refractivity contribution in [3.05, 3.63) is 59.7 Å². The van der Waals surface area contributed by atoms with Crippen molar-refractivity contribution in [2.45, 2.75) is 11.8 Å². The van der Waals surface area contributed by atoms with Crippen molar-refractivity contribution in [1.82, 2.24) is 5.32 Å². The Hall–Kier alpha value is -2.38. The zero-order valence-electron chi connectivity index (χ0n) is 12.6. The summed E-state index contributed by atoms with van der Waals surface area (Å²) in [6, 6.07) is 12.7. The minimum atomic E-state index is -3.72. The van der Waals surface area contributed by atoms with Gasteiger partial charge in [-0.2, -0.15) is 0 Å². The van der Waals surface area contributed by atoms with Gasteiger partial charge in [0.1, 0.15) is 0 Å². The van der Waals surface area contributed by atoms with Gasteiger partial charge in [-0.1, -0.05) is 18.2 Å². The van der Waals surface area contributed by atoms with Gasteiger partial charge in [-0.15, -0.1) is 0 Å². The highest BCUT2D eigenvalue weighted by atomic mass is 32.2. The van der Waals surface area contributed by atoms with Gasteiger partial charge in [0.05, 0.1) is 17.2 Å². The number of hydrogen-bond acceptors (Lipinski definition) is 4. The van der Waals surface area contributed by atoms with Gasteiger partial charge in [0, 0.05) is 12.1 Å². The van der Waals surface area contributed by atoms with E-state index >= 15 is 0 Å². The van der Waals surface area contributed by atoms with E-state index in [4.69, 9.17) is 5.11 Å². The predicted octanol–water partition coefficient (Wildman–Crippen LogP) is 1.52. The van der Waals surface area contributed by atoms with Crippen molar-refractivity contribution in [1.29, 1.82) is 0 Å². The van der Waals surface area contributed by atoms with E-state index in [-0.39, 0.29) is 24.0 Å². The lowest BCUT2D eigenvalue weighted by molar-refractivity contribution is 0.0944. The summed E-state index contributed by atoms with van der Waals surface area (Å²) < 4.78 is 27.2. The maximum Gasteiger partial charge on any atom is 0.261 e. The quantitative estimate of drug-likeness (QED) is 0.746. The largest absolute Gasteiger partial charge is 0.395 e. The molecule has 0 atom stereocenters. The number of carbonyl (C=O) groups excluding carboxylic acids is 1. The Morgan fingerprint density at radius 3 is 2.35 bits per heavy atom. The van der Waals surface area contributed by atoms with Gasteiger partial charge in [-0.3, -0.25) is 9.52 Å². The first-order valence-corrected chi connectivity index (χ1v) is 8.50.